The van der Waals surface area contributed by atoms with Crippen molar-refractivity contribution in [1.82, 2.24) is 4.31 Å². The molecule has 1 atom stereocenters. The first-order valence-corrected chi connectivity index (χ1v) is 5.51. The molecule has 4 nitrogen and oxygen atoms in total. The lowest BCUT2D eigenvalue weighted by molar-refractivity contribution is 0.390. The van der Waals surface area contributed by atoms with Crippen LogP contribution in [0.5, 0.6) is 0 Å². The Morgan fingerprint density at radius 3 is 2.00 bits per heavy atom. The van der Waals surface area contributed by atoms with Gasteiger partial charge in [-0.15, -0.1) is 0 Å². The molecule has 0 spiro atoms. The summed E-state index contributed by atoms with van der Waals surface area (Å²) in [6.07, 6.45) is 0. The molecule has 0 rings (SSSR count). The van der Waals surface area contributed by atoms with Gasteiger partial charge in [-0.05, 0) is 20.8 Å². The summed E-state index contributed by atoms with van der Waals surface area (Å²) in [5.41, 5.74) is 5.36. The monoisotopic (exact) mass is 194 g/mol. The Kier molecular flexibility index (Phi) is 4.16. The molecule has 0 aliphatic carbocycles. The summed E-state index contributed by atoms with van der Waals surface area (Å²) in [7, 11) is -1.57. The van der Waals surface area contributed by atoms with Crippen LogP contribution in [0, 0.1) is 0 Å². The molecule has 2 N–H and O–H groups in total. The Balaban J connectivity index is 4.58. The molecular weight excluding hydrogens is 176 g/mol. The number of sulfonamides is 1. The fourth-order valence-electron chi connectivity index (χ4n) is 0.732. The molecule has 0 bridgehead atoms. The summed E-state index contributed by atoms with van der Waals surface area (Å²) in [4.78, 5) is 0. The molecule has 1 unspecified atom stereocenters. The Hall–Kier alpha value is -0.130. The van der Waals surface area contributed by atoms with E-state index < -0.39 is 10.0 Å². The van der Waals surface area contributed by atoms with Gasteiger partial charge in [-0.2, -0.15) is 0 Å². The fourth-order valence-corrected chi connectivity index (χ4v) is 1.98. The van der Waals surface area contributed by atoms with Crippen molar-refractivity contribution < 1.29 is 8.42 Å². The maximum Gasteiger partial charge on any atom is 0.216 e. The zero-order chi connectivity index (χ0) is 9.94. The summed E-state index contributed by atoms with van der Waals surface area (Å²) in [5.74, 6) is 0. The van der Waals surface area contributed by atoms with Crippen molar-refractivity contribution in [3.05, 3.63) is 0 Å². The van der Waals surface area contributed by atoms with Crippen LogP contribution in [-0.2, 0) is 10.0 Å². The average Bonchev–Trinajstić information content (AvgIpc) is 2.01. The second-order valence-electron chi connectivity index (χ2n) is 3.19. The third kappa shape index (κ3) is 2.43. The Morgan fingerprint density at radius 2 is 1.75 bits per heavy atom. The van der Waals surface area contributed by atoms with E-state index in [0.29, 0.717) is 6.54 Å². The first kappa shape index (κ1) is 11.9. The smallest absolute Gasteiger partial charge is 0.216 e. The van der Waals surface area contributed by atoms with Crippen molar-refractivity contribution >= 4 is 10.0 Å². The molecule has 0 aromatic rings. The van der Waals surface area contributed by atoms with Gasteiger partial charge in [0.25, 0.3) is 0 Å². The van der Waals surface area contributed by atoms with E-state index in [2.05, 4.69) is 0 Å². The second kappa shape index (κ2) is 4.20. The van der Waals surface area contributed by atoms with E-state index in [-0.39, 0.29) is 11.3 Å². The maximum atomic E-state index is 11.5. The molecule has 0 heterocycles. The molecule has 5 heteroatoms. The molecule has 0 fully saturated rings. The van der Waals surface area contributed by atoms with E-state index in [1.807, 2.05) is 0 Å². The van der Waals surface area contributed by atoms with Crippen LogP contribution in [0.15, 0.2) is 0 Å². The zero-order valence-electron chi connectivity index (χ0n) is 8.11. The van der Waals surface area contributed by atoms with Crippen molar-refractivity contribution in [2.75, 3.05) is 13.6 Å². The highest BCUT2D eigenvalue weighted by Crippen LogP contribution is 2.08. The Labute approximate surface area is 74.8 Å². The molecule has 0 saturated heterocycles. The van der Waals surface area contributed by atoms with Crippen molar-refractivity contribution in [1.29, 1.82) is 0 Å². The molecular formula is C7H18N2O2S. The second-order valence-corrected chi connectivity index (χ2v) is 5.74. The van der Waals surface area contributed by atoms with Gasteiger partial charge in [0.1, 0.15) is 0 Å². The van der Waals surface area contributed by atoms with E-state index in [1.165, 1.54) is 4.31 Å². The molecule has 74 valence electrons. The topological polar surface area (TPSA) is 63.4 Å². The van der Waals surface area contributed by atoms with Gasteiger partial charge < -0.3 is 5.73 Å². The average molecular weight is 194 g/mol. The van der Waals surface area contributed by atoms with Gasteiger partial charge in [0.15, 0.2) is 0 Å². The summed E-state index contributed by atoms with van der Waals surface area (Å²) in [5, 5.41) is -0.378. The first-order valence-electron chi connectivity index (χ1n) is 4.01. The number of hydrogen-bond donors (Lipinski definition) is 1. The van der Waals surface area contributed by atoms with Gasteiger partial charge >= 0.3 is 0 Å². The van der Waals surface area contributed by atoms with Crippen molar-refractivity contribution in [3.8, 4) is 0 Å². The minimum Gasteiger partial charge on any atom is -0.329 e. The summed E-state index contributed by atoms with van der Waals surface area (Å²) >= 11 is 0. The van der Waals surface area contributed by atoms with E-state index >= 15 is 0 Å². The Morgan fingerprint density at radius 1 is 1.33 bits per heavy atom. The fraction of sp³-hybridized carbons (Fsp3) is 1.00. The molecule has 12 heavy (non-hydrogen) atoms. The highest BCUT2D eigenvalue weighted by atomic mass is 32.2. The lowest BCUT2D eigenvalue weighted by atomic mass is 10.4. The van der Waals surface area contributed by atoms with Gasteiger partial charge in [0.2, 0.25) is 10.0 Å². The van der Waals surface area contributed by atoms with Crippen molar-refractivity contribution in [3.63, 3.8) is 0 Å². The first-order chi connectivity index (χ1) is 5.34. The number of nitrogens with zero attached hydrogens (tertiary/aromatic N) is 1. The number of nitrogens with two attached hydrogens (primary N) is 1. The van der Waals surface area contributed by atoms with Crippen LogP contribution in [-0.4, -0.2) is 37.6 Å². The van der Waals surface area contributed by atoms with Crippen LogP contribution >= 0.6 is 0 Å². The van der Waals surface area contributed by atoms with Crippen LogP contribution < -0.4 is 5.73 Å². The number of likely N-dealkylation sites (N-methyl/N-ethyl adjacent to an activating group) is 1. The van der Waals surface area contributed by atoms with E-state index in [1.54, 1.807) is 27.8 Å². The predicted molar refractivity (Wildman–Crippen MR) is 50.3 cm³/mol. The molecule has 0 radical (unpaired) electrons. The largest absolute Gasteiger partial charge is 0.329 e. The standard InChI is InChI=1S/C7H18N2O2S/c1-6(2)12(10,11)9(4)7(3)5-8/h6-7H,5,8H2,1-4H3. The minimum atomic E-state index is -3.13. The van der Waals surface area contributed by atoms with Crippen LogP contribution in [0.4, 0.5) is 0 Å². The number of rotatable bonds is 4. The molecule has 0 amide bonds. The van der Waals surface area contributed by atoms with Crippen LogP contribution in [0.1, 0.15) is 20.8 Å². The Bertz CT molecular complexity index is 224. The molecule has 0 aromatic carbocycles. The van der Waals surface area contributed by atoms with Crippen molar-refractivity contribution in [2.45, 2.75) is 32.1 Å². The predicted octanol–water partition coefficient (Wildman–Crippen LogP) is 0.00360. The maximum absolute atomic E-state index is 11.5. The highest BCUT2D eigenvalue weighted by molar-refractivity contribution is 7.89. The minimum absolute atomic E-state index is 0.127. The normalized spacial score (nSPS) is 15.6. The molecule has 0 aliphatic rings. The van der Waals surface area contributed by atoms with Gasteiger partial charge in [-0.3, -0.25) is 0 Å². The summed E-state index contributed by atoms with van der Waals surface area (Å²) in [6.45, 7) is 5.46. The highest BCUT2D eigenvalue weighted by Gasteiger charge is 2.25. The van der Waals surface area contributed by atoms with Gasteiger partial charge in [0.05, 0.1) is 5.25 Å². The van der Waals surface area contributed by atoms with E-state index in [9.17, 15) is 8.42 Å². The van der Waals surface area contributed by atoms with Gasteiger partial charge in [-0.25, -0.2) is 12.7 Å². The van der Waals surface area contributed by atoms with Crippen LogP contribution in [0.2, 0.25) is 0 Å². The zero-order valence-corrected chi connectivity index (χ0v) is 8.93. The van der Waals surface area contributed by atoms with E-state index in [4.69, 9.17) is 5.73 Å². The van der Waals surface area contributed by atoms with Gasteiger partial charge in [0, 0.05) is 19.6 Å². The quantitative estimate of drug-likeness (QED) is 0.685. The molecule has 0 saturated carbocycles. The molecule has 0 aliphatic heterocycles. The van der Waals surface area contributed by atoms with E-state index in [0.717, 1.165) is 0 Å². The van der Waals surface area contributed by atoms with Crippen molar-refractivity contribution in [2.24, 2.45) is 5.73 Å². The summed E-state index contributed by atoms with van der Waals surface area (Å²) in [6, 6.07) is -0.127. The van der Waals surface area contributed by atoms with Crippen LogP contribution in [0.25, 0.3) is 0 Å². The lowest BCUT2D eigenvalue weighted by Crippen LogP contribution is -2.42. The number of hydrogen-bond acceptors (Lipinski definition) is 3. The summed E-state index contributed by atoms with van der Waals surface area (Å²) < 4.78 is 24.3. The molecule has 0 aromatic heterocycles. The third-order valence-corrected chi connectivity index (χ3v) is 4.31. The van der Waals surface area contributed by atoms with Gasteiger partial charge in [-0.1, -0.05) is 0 Å². The third-order valence-electron chi connectivity index (χ3n) is 1.96. The SMILES string of the molecule is CC(CN)N(C)S(=O)(=O)C(C)C. The van der Waals surface area contributed by atoms with Crippen LogP contribution in [0.3, 0.4) is 0 Å². The lowest BCUT2D eigenvalue weighted by Gasteiger charge is -2.24.